The zero-order valence-electron chi connectivity index (χ0n) is 20.6. The number of anilines is 1. The maximum absolute atomic E-state index is 12.6. The number of piperazine rings is 1. The van der Waals surface area contributed by atoms with E-state index in [1.807, 2.05) is 36.4 Å². The van der Waals surface area contributed by atoms with Crippen molar-refractivity contribution < 1.29 is 27.5 Å². The fourth-order valence-electron chi connectivity index (χ4n) is 4.11. The second kappa shape index (κ2) is 12.9. The highest BCUT2D eigenvalue weighted by molar-refractivity contribution is 7.15. The third-order valence-electron chi connectivity index (χ3n) is 6.10. The number of carbonyl (C=O) groups is 2. The smallest absolute Gasteiger partial charge is 0.367 e. The number of amides is 2. The number of benzene rings is 2. The van der Waals surface area contributed by atoms with Crippen LogP contribution < -0.4 is 5.32 Å². The van der Waals surface area contributed by atoms with Gasteiger partial charge in [0.05, 0.1) is 6.61 Å². The van der Waals surface area contributed by atoms with Crippen LogP contribution in [0.5, 0.6) is 0 Å². The van der Waals surface area contributed by atoms with Crippen LogP contribution in [0.2, 0.25) is 0 Å². The third-order valence-corrected chi connectivity index (χ3v) is 6.98. The van der Waals surface area contributed by atoms with E-state index in [9.17, 15) is 22.8 Å². The van der Waals surface area contributed by atoms with Crippen LogP contribution in [0.25, 0.3) is 0 Å². The topological polar surface area (TPSA) is 87.7 Å². The fourth-order valence-corrected chi connectivity index (χ4v) is 4.74. The summed E-state index contributed by atoms with van der Waals surface area (Å²) in [7, 11) is 0. The molecule has 0 spiro atoms. The largest absolute Gasteiger partial charge is 0.445 e. The van der Waals surface area contributed by atoms with E-state index < -0.39 is 17.1 Å². The Morgan fingerprint density at radius 3 is 2.08 bits per heavy atom. The average molecular weight is 548 g/mol. The van der Waals surface area contributed by atoms with Gasteiger partial charge in [-0.3, -0.25) is 14.5 Å². The molecule has 8 nitrogen and oxygen atoms in total. The molecule has 1 aliphatic rings. The van der Waals surface area contributed by atoms with E-state index in [0.717, 1.165) is 17.7 Å². The number of rotatable bonds is 10. The Morgan fingerprint density at radius 2 is 1.53 bits per heavy atom. The van der Waals surface area contributed by atoms with Gasteiger partial charge in [0.25, 0.3) is 0 Å². The molecule has 2 aromatic carbocycles. The second-order valence-electron chi connectivity index (χ2n) is 8.75. The Kier molecular flexibility index (Phi) is 9.43. The number of ether oxygens (including phenoxy) is 1. The lowest BCUT2D eigenvalue weighted by Gasteiger charge is -2.35. The molecule has 1 aromatic heterocycles. The van der Waals surface area contributed by atoms with Gasteiger partial charge in [-0.2, -0.15) is 13.2 Å². The second-order valence-corrected chi connectivity index (χ2v) is 9.73. The Labute approximate surface area is 222 Å². The maximum Gasteiger partial charge on any atom is 0.445 e. The van der Waals surface area contributed by atoms with Crippen molar-refractivity contribution in [2.75, 3.05) is 44.6 Å². The summed E-state index contributed by atoms with van der Waals surface area (Å²) in [6, 6.07) is 20.1. The molecule has 0 atom stereocenters. The SMILES string of the molecule is O=C(CCC(=O)N1CCN(CCOC(c2ccccc2)c2ccccc2)CC1)Nc1nnc(C(F)(F)F)s1. The number of halogens is 3. The third kappa shape index (κ3) is 7.83. The number of alkyl halides is 3. The van der Waals surface area contributed by atoms with Crippen molar-refractivity contribution in [2.45, 2.75) is 25.1 Å². The highest BCUT2D eigenvalue weighted by atomic mass is 32.1. The summed E-state index contributed by atoms with van der Waals surface area (Å²) in [6.45, 7) is 3.70. The van der Waals surface area contributed by atoms with Crippen molar-refractivity contribution in [3.8, 4) is 0 Å². The van der Waals surface area contributed by atoms with Gasteiger partial charge < -0.3 is 15.0 Å². The molecule has 0 radical (unpaired) electrons. The highest BCUT2D eigenvalue weighted by Gasteiger charge is 2.35. The van der Waals surface area contributed by atoms with E-state index in [0.29, 0.717) is 32.8 Å². The monoisotopic (exact) mass is 547 g/mol. The molecule has 4 rings (SSSR count). The highest BCUT2D eigenvalue weighted by Crippen LogP contribution is 2.33. The normalized spacial score (nSPS) is 14.6. The van der Waals surface area contributed by atoms with E-state index in [-0.39, 0.29) is 41.3 Å². The quantitative estimate of drug-likeness (QED) is 0.409. The van der Waals surface area contributed by atoms with Crippen LogP contribution in [-0.4, -0.2) is 71.1 Å². The lowest BCUT2D eigenvalue weighted by atomic mass is 10.0. The lowest BCUT2D eigenvalue weighted by molar-refractivity contribution is -0.138. The van der Waals surface area contributed by atoms with Crippen LogP contribution in [0.4, 0.5) is 18.3 Å². The summed E-state index contributed by atoms with van der Waals surface area (Å²) in [5, 5.41) is 7.23. The number of nitrogens with one attached hydrogen (secondary N) is 1. The summed E-state index contributed by atoms with van der Waals surface area (Å²) in [5.41, 5.74) is 2.18. The van der Waals surface area contributed by atoms with Crippen LogP contribution in [0.15, 0.2) is 60.7 Å². The van der Waals surface area contributed by atoms with Gasteiger partial charge in [-0.05, 0) is 11.1 Å². The van der Waals surface area contributed by atoms with Gasteiger partial charge in [0, 0.05) is 45.6 Å². The van der Waals surface area contributed by atoms with E-state index in [2.05, 4.69) is 44.7 Å². The molecule has 38 heavy (non-hydrogen) atoms. The predicted octanol–water partition coefficient (Wildman–Crippen LogP) is 4.23. The Hall–Kier alpha value is -3.35. The molecule has 3 aromatic rings. The molecule has 1 fully saturated rings. The Morgan fingerprint density at radius 1 is 0.921 bits per heavy atom. The van der Waals surface area contributed by atoms with Crippen LogP contribution in [0, 0.1) is 0 Å². The van der Waals surface area contributed by atoms with Crippen molar-refractivity contribution in [1.29, 1.82) is 0 Å². The van der Waals surface area contributed by atoms with Crippen molar-refractivity contribution in [3.63, 3.8) is 0 Å². The minimum atomic E-state index is -4.61. The summed E-state index contributed by atoms with van der Waals surface area (Å²) in [4.78, 5) is 28.5. The van der Waals surface area contributed by atoms with Gasteiger partial charge in [0.15, 0.2) is 0 Å². The van der Waals surface area contributed by atoms with Gasteiger partial charge in [0.2, 0.25) is 22.0 Å². The van der Waals surface area contributed by atoms with Crippen molar-refractivity contribution in [1.82, 2.24) is 20.0 Å². The van der Waals surface area contributed by atoms with Gasteiger partial charge in [-0.25, -0.2) is 0 Å². The number of hydrogen-bond donors (Lipinski definition) is 1. The van der Waals surface area contributed by atoms with Crippen LogP contribution in [-0.2, 0) is 20.5 Å². The standard InChI is InChI=1S/C26H28F3N5O3S/c27-26(28,29)24-31-32-25(38-24)30-21(35)11-12-22(36)34-15-13-33(14-16-34)17-18-37-23(19-7-3-1-4-8-19)20-9-5-2-6-10-20/h1-10,23H,11-18H2,(H,30,32,35). The summed E-state index contributed by atoms with van der Waals surface area (Å²) < 4.78 is 44.1. The molecular weight excluding hydrogens is 519 g/mol. The Balaban J connectivity index is 1.17. The fraction of sp³-hybridized carbons (Fsp3) is 0.385. The molecule has 0 unspecified atom stereocenters. The molecule has 202 valence electrons. The van der Waals surface area contributed by atoms with E-state index >= 15 is 0 Å². The molecule has 1 saturated heterocycles. The molecule has 0 bridgehead atoms. The molecule has 1 N–H and O–H groups in total. The van der Waals surface area contributed by atoms with Gasteiger partial charge in [-0.15, -0.1) is 10.2 Å². The van der Waals surface area contributed by atoms with Gasteiger partial charge in [-0.1, -0.05) is 72.0 Å². The number of hydrogen-bond acceptors (Lipinski definition) is 7. The maximum atomic E-state index is 12.6. The van der Waals surface area contributed by atoms with E-state index in [1.54, 1.807) is 4.90 Å². The first-order chi connectivity index (χ1) is 18.3. The van der Waals surface area contributed by atoms with E-state index in [4.69, 9.17) is 4.74 Å². The molecular formula is C26H28F3N5O3S. The molecule has 12 heteroatoms. The summed E-state index contributed by atoms with van der Waals surface area (Å²) in [5.74, 6) is -0.747. The molecule has 0 saturated carbocycles. The predicted molar refractivity (Wildman–Crippen MR) is 136 cm³/mol. The lowest BCUT2D eigenvalue weighted by Crippen LogP contribution is -2.49. The van der Waals surface area contributed by atoms with Crippen LogP contribution >= 0.6 is 11.3 Å². The van der Waals surface area contributed by atoms with Gasteiger partial charge >= 0.3 is 6.18 Å². The summed E-state index contributed by atoms with van der Waals surface area (Å²) in [6.07, 6.45) is -4.95. The summed E-state index contributed by atoms with van der Waals surface area (Å²) >= 11 is 0.246. The first-order valence-corrected chi connectivity index (χ1v) is 13.0. The Bertz CT molecular complexity index is 1150. The minimum Gasteiger partial charge on any atom is -0.367 e. The molecule has 0 aliphatic carbocycles. The van der Waals surface area contributed by atoms with Crippen molar-refractivity contribution in [3.05, 3.63) is 76.8 Å². The minimum absolute atomic E-state index is 0.0320. The van der Waals surface area contributed by atoms with Crippen LogP contribution in [0.3, 0.4) is 0 Å². The first-order valence-electron chi connectivity index (χ1n) is 12.2. The molecule has 2 heterocycles. The molecule has 1 aliphatic heterocycles. The van der Waals surface area contributed by atoms with Crippen molar-refractivity contribution >= 4 is 28.3 Å². The van der Waals surface area contributed by atoms with Gasteiger partial charge in [0.1, 0.15) is 6.10 Å². The average Bonchev–Trinajstić information content (AvgIpc) is 3.40. The number of aromatic nitrogens is 2. The van der Waals surface area contributed by atoms with E-state index in [1.165, 1.54) is 0 Å². The number of nitrogens with zero attached hydrogens (tertiary/aromatic N) is 4. The van der Waals surface area contributed by atoms with Crippen molar-refractivity contribution in [2.24, 2.45) is 0 Å². The molecule has 2 amide bonds. The first kappa shape index (κ1) is 27.7. The van der Waals surface area contributed by atoms with Crippen LogP contribution in [0.1, 0.15) is 35.1 Å². The zero-order valence-corrected chi connectivity index (χ0v) is 21.4. The number of carbonyl (C=O) groups excluding carboxylic acids is 2. The zero-order chi connectivity index (χ0) is 27.0.